The number of hydrogen-bond donors (Lipinski definition) is 1. The van der Waals surface area contributed by atoms with Crippen LogP contribution in [0.15, 0.2) is 30.3 Å². The van der Waals surface area contributed by atoms with Gasteiger partial charge in [-0.15, -0.1) is 5.10 Å². The van der Waals surface area contributed by atoms with E-state index in [4.69, 9.17) is 0 Å². The normalized spacial score (nSPS) is 15.7. The molecule has 0 radical (unpaired) electrons. The standard InChI is InChI=1S/C16H21N5O3S/c1-12(16(22)17-10-9-13-5-3-2-4-6-13)25(23,24)11-15-18-19-20-21(15)14-7-8-14/h2-6,12,14H,7-11H2,1H3,(H,17,22). The van der Waals surface area contributed by atoms with Gasteiger partial charge in [0.15, 0.2) is 15.7 Å². The molecule has 1 fully saturated rings. The molecule has 0 spiro atoms. The van der Waals surface area contributed by atoms with Crippen molar-refractivity contribution in [2.24, 2.45) is 0 Å². The zero-order valence-electron chi connectivity index (χ0n) is 14.0. The molecule has 1 aromatic carbocycles. The van der Waals surface area contributed by atoms with Crippen LogP contribution in [-0.4, -0.2) is 46.3 Å². The maximum absolute atomic E-state index is 12.5. The number of hydrogen-bond acceptors (Lipinski definition) is 6. The van der Waals surface area contributed by atoms with Crippen LogP contribution < -0.4 is 5.32 Å². The minimum Gasteiger partial charge on any atom is -0.355 e. The third-order valence-corrected chi connectivity index (χ3v) is 6.20. The lowest BCUT2D eigenvalue weighted by molar-refractivity contribution is -0.120. The molecule has 25 heavy (non-hydrogen) atoms. The molecule has 1 heterocycles. The predicted octanol–water partition coefficient (Wildman–Crippen LogP) is 0.670. The highest BCUT2D eigenvalue weighted by Crippen LogP contribution is 2.34. The second-order valence-electron chi connectivity index (χ2n) is 6.25. The van der Waals surface area contributed by atoms with E-state index in [1.165, 1.54) is 6.92 Å². The summed E-state index contributed by atoms with van der Waals surface area (Å²) >= 11 is 0. The SMILES string of the molecule is CC(C(=O)NCCc1ccccc1)S(=O)(=O)Cc1nnnn1C1CC1. The summed E-state index contributed by atoms with van der Waals surface area (Å²) < 4.78 is 26.5. The first kappa shape index (κ1) is 17.5. The number of nitrogens with one attached hydrogen (secondary N) is 1. The van der Waals surface area contributed by atoms with Crippen LogP contribution >= 0.6 is 0 Å². The van der Waals surface area contributed by atoms with Crippen LogP contribution in [0.1, 0.15) is 37.2 Å². The molecule has 9 heteroatoms. The zero-order valence-corrected chi connectivity index (χ0v) is 14.8. The van der Waals surface area contributed by atoms with Crippen molar-refractivity contribution < 1.29 is 13.2 Å². The summed E-state index contributed by atoms with van der Waals surface area (Å²) in [6, 6.07) is 9.89. The summed E-state index contributed by atoms with van der Waals surface area (Å²) in [6.45, 7) is 1.79. The second-order valence-corrected chi connectivity index (χ2v) is 8.57. The maximum Gasteiger partial charge on any atom is 0.238 e. The summed E-state index contributed by atoms with van der Waals surface area (Å²) in [7, 11) is -3.68. The molecule has 134 valence electrons. The molecule has 1 unspecified atom stereocenters. The van der Waals surface area contributed by atoms with E-state index in [9.17, 15) is 13.2 Å². The number of carbonyl (C=O) groups is 1. The van der Waals surface area contributed by atoms with E-state index in [0.29, 0.717) is 18.8 Å². The molecule has 0 aliphatic heterocycles. The van der Waals surface area contributed by atoms with Gasteiger partial charge in [-0.2, -0.15) is 0 Å². The van der Waals surface area contributed by atoms with Gasteiger partial charge in [-0.1, -0.05) is 30.3 Å². The van der Waals surface area contributed by atoms with Crippen molar-refractivity contribution in [3.63, 3.8) is 0 Å². The largest absolute Gasteiger partial charge is 0.355 e. The first-order chi connectivity index (χ1) is 12.0. The number of sulfone groups is 1. The van der Waals surface area contributed by atoms with Crippen molar-refractivity contribution in [2.75, 3.05) is 6.54 Å². The zero-order chi connectivity index (χ0) is 17.9. The minimum absolute atomic E-state index is 0.190. The number of amides is 1. The fraction of sp³-hybridized carbons (Fsp3) is 0.500. The molecule has 2 aromatic rings. The second kappa shape index (κ2) is 7.30. The number of nitrogens with zero attached hydrogens (tertiary/aromatic N) is 4. The molecule has 1 amide bonds. The van der Waals surface area contributed by atoms with Gasteiger partial charge in [0.05, 0.1) is 6.04 Å². The Labute approximate surface area is 146 Å². The van der Waals surface area contributed by atoms with Crippen molar-refractivity contribution >= 4 is 15.7 Å². The molecule has 3 rings (SSSR count). The highest BCUT2D eigenvalue weighted by molar-refractivity contribution is 7.92. The number of benzene rings is 1. The lowest BCUT2D eigenvalue weighted by Gasteiger charge is -2.13. The molecular formula is C16H21N5O3S. The first-order valence-corrected chi connectivity index (χ1v) is 9.99. The van der Waals surface area contributed by atoms with Crippen LogP contribution in [0.5, 0.6) is 0 Å². The Kier molecular flexibility index (Phi) is 5.12. The number of rotatable bonds is 8. The summed E-state index contributed by atoms with van der Waals surface area (Å²) in [5, 5.41) is 12.7. The van der Waals surface area contributed by atoms with Gasteiger partial charge in [0.2, 0.25) is 5.91 Å². The van der Waals surface area contributed by atoms with Gasteiger partial charge >= 0.3 is 0 Å². The van der Waals surface area contributed by atoms with Crippen LogP contribution in [0.3, 0.4) is 0 Å². The van der Waals surface area contributed by atoms with Gasteiger partial charge in [0.25, 0.3) is 0 Å². The highest BCUT2D eigenvalue weighted by Gasteiger charge is 2.33. The van der Waals surface area contributed by atoms with Gasteiger partial charge < -0.3 is 5.32 Å². The van der Waals surface area contributed by atoms with E-state index < -0.39 is 21.0 Å². The Morgan fingerprint density at radius 1 is 1.32 bits per heavy atom. The third kappa shape index (κ3) is 4.41. The quantitative estimate of drug-likeness (QED) is 0.739. The fourth-order valence-electron chi connectivity index (χ4n) is 2.50. The lowest BCUT2D eigenvalue weighted by Crippen LogP contribution is -2.39. The first-order valence-electron chi connectivity index (χ1n) is 8.27. The highest BCUT2D eigenvalue weighted by atomic mass is 32.2. The minimum atomic E-state index is -3.68. The predicted molar refractivity (Wildman–Crippen MR) is 91.3 cm³/mol. The molecule has 1 aromatic heterocycles. The average Bonchev–Trinajstić information content (AvgIpc) is 3.34. The van der Waals surface area contributed by atoms with E-state index in [1.807, 2.05) is 30.3 Å². The van der Waals surface area contributed by atoms with Crippen molar-refractivity contribution in [3.05, 3.63) is 41.7 Å². The Balaban J connectivity index is 1.55. The Morgan fingerprint density at radius 3 is 2.72 bits per heavy atom. The van der Waals surface area contributed by atoms with Crippen molar-refractivity contribution in [1.82, 2.24) is 25.5 Å². The van der Waals surface area contributed by atoms with Crippen LogP contribution in [0.25, 0.3) is 0 Å². The van der Waals surface area contributed by atoms with Gasteiger partial charge in [-0.3, -0.25) is 4.79 Å². The molecule has 0 saturated heterocycles. The van der Waals surface area contributed by atoms with Crippen LogP contribution in [0.4, 0.5) is 0 Å². The van der Waals surface area contributed by atoms with Crippen LogP contribution in [-0.2, 0) is 26.8 Å². The van der Waals surface area contributed by atoms with E-state index in [-0.39, 0.29) is 11.8 Å². The Hall–Kier alpha value is -2.29. The molecule has 8 nitrogen and oxygen atoms in total. The van der Waals surface area contributed by atoms with Gasteiger partial charge in [0.1, 0.15) is 11.0 Å². The molecule has 1 aliphatic rings. The topological polar surface area (TPSA) is 107 Å². The van der Waals surface area contributed by atoms with Crippen molar-refractivity contribution in [2.45, 2.75) is 43.2 Å². The smallest absolute Gasteiger partial charge is 0.238 e. The summed E-state index contributed by atoms with van der Waals surface area (Å²) in [4.78, 5) is 12.2. The van der Waals surface area contributed by atoms with E-state index in [2.05, 4.69) is 20.8 Å². The van der Waals surface area contributed by atoms with E-state index in [0.717, 1.165) is 18.4 Å². The van der Waals surface area contributed by atoms with Gasteiger partial charge in [0, 0.05) is 6.54 Å². The Bertz CT molecular complexity index is 830. The van der Waals surface area contributed by atoms with E-state index in [1.54, 1.807) is 4.68 Å². The lowest BCUT2D eigenvalue weighted by atomic mass is 10.1. The monoisotopic (exact) mass is 363 g/mol. The summed E-state index contributed by atoms with van der Waals surface area (Å²) in [5.74, 6) is -0.531. The molecule has 1 atom stereocenters. The molecule has 1 aliphatic carbocycles. The van der Waals surface area contributed by atoms with Gasteiger partial charge in [-0.25, -0.2) is 13.1 Å². The Morgan fingerprint density at radius 2 is 2.04 bits per heavy atom. The van der Waals surface area contributed by atoms with Crippen LogP contribution in [0.2, 0.25) is 0 Å². The molecule has 1 N–H and O–H groups in total. The fourth-order valence-corrected chi connectivity index (χ4v) is 3.71. The summed E-state index contributed by atoms with van der Waals surface area (Å²) in [5.41, 5.74) is 1.09. The van der Waals surface area contributed by atoms with Gasteiger partial charge in [-0.05, 0) is 42.2 Å². The number of carbonyl (C=O) groups excluding carboxylic acids is 1. The molecular weight excluding hydrogens is 342 g/mol. The van der Waals surface area contributed by atoms with Crippen molar-refractivity contribution in [1.29, 1.82) is 0 Å². The maximum atomic E-state index is 12.5. The average molecular weight is 363 g/mol. The number of tetrazole rings is 1. The molecule has 0 bridgehead atoms. The van der Waals surface area contributed by atoms with Crippen molar-refractivity contribution in [3.8, 4) is 0 Å². The number of aromatic nitrogens is 4. The van der Waals surface area contributed by atoms with E-state index >= 15 is 0 Å². The molecule has 1 saturated carbocycles. The van der Waals surface area contributed by atoms with Crippen LogP contribution in [0, 0.1) is 0 Å². The third-order valence-electron chi connectivity index (χ3n) is 4.25. The summed E-state index contributed by atoms with van der Waals surface area (Å²) in [6.07, 6.45) is 2.56.